The molecule has 1 aliphatic rings. The number of halogens is 1. The molecule has 1 aromatic rings. The lowest BCUT2D eigenvalue weighted by molar-refractivity contribution is 0.0216. The largest absolute Gasteiger partial charge is 0.371 e. The molecule has 1 saturated heterocycles. The number of aromatic nitrogens is 2. The summed E-state index contributed by atoms with van der Waals surface area (Å²) in [4.78, 5) is 0. The Morgan fingerprint density at radius 1 is 1.59 bits per heavy atom. The molecule has 1 N–H and O–H groups in total. The highest BCUT2D eigenvalue weighted by Gasteiger charge is 2.17. The van der Waals surface area contributed by atoms with Crippen LogP contribution in [0.15, 0.2) is 4.47 Å². The first-order valence-electron chi connectivity index (χ1n) is 6.26. The molecule has 1 aliphatic heterocycles. The van der Waals surface area contributed by atoms with E-state index in [2.05, 4.69) is 33.3 Å². The number of ether oxygens (including phenoxy) is 1. The summed E-state index contributed by atoms with van der Waals surface area (Å²) in [5.41, 5.74) is 2.18. The van der Waals surface area contributed by atoms with Crippen LogP contribution in [-0.2, 0) is 17.9 Å². The van der Waals surface area contributed by atoms with Gasteiger partial charge in [-0.3, -0.25) is 4.68 Å². The fourth-order valence-corrected chi connectivity index (χ4v) is 2.56. The number of hydrogen-bond donors (Lipinski definition) is 1. The maximum Gasteiger partial charge on any atom is 0.0900 e. The fourth-order valence-electron chi connectivity index (χ4n) is 2.17. The minimum Gasteiger partial charge on any atom is -0.371 e. The van der Waals surface area contributed by atoms with E-state index in [9.17, 15) is 0 Å². The van der Waals surface area contributed by atoms with Crippen molar-refractivity contribution >= 4 is 15.9 Å². The van der Waals surface area contributed by atoms with Crippen LogP contribution in [0.2, 0.25) is 0 Å². The molecular weight excluding hydrogens is 282 g/mol. The normalized spacial score (nSPS) is 20.8. The smallest absolute Gasteiger partial charge is 0.0900 e. The lowest BCUT2D eigenvalue weighted by atomic mass is 10.1. The molecule has 0 aromatic carbocycles. The van der Waals surface area contributed by atoms with Crippen molar-refractivity contribution in [1.82, 2.24) is 15.1 Å². The number of rotatable bonds is 4. The van der Waals surface area contributed by atoms with E-state index in [1.54, 1.807) is 0 Å². The number of hydrogen-bond acceptors (Lipinski definition) is 3. The number of aryl methyl sites for hydroxylation is 2. The second kappa shape index (κ2) is 5.98. The summed E-state index contributed by atoms with van der Waals surface area (Å²) in [6.07, 6.45) is 2.71. The molecule has 0 saturated carbocycles. The average molecular weight is 302 g/mol. The van der Waals surface area contributed by atoms with E-state index in [1.165, 1.54) is 6.42 Å². The van der Waals surface area contributed by atoms with E-state index in [0.29, 0.717) is 12.7 Å². The third kappa shape index (κ3) is 3.09. The molecule has 2 heterocycles. The predicted molar refractivity (Wildman–Crippen MR) is 71.0 cm³/mol. The van der Waals surface area contributed by atoms with Crippen LogP contribution < -0.4 is 5.32 Å². The van der Waals surface area contributed by atoms with Gasteiger partial charge >= 0.3 is 0 Å². The van der Waals surface area contributed by atoms with Crippen LogP contribution in [0.3, 0.4) is 0 Å². The van der Waals surface area contributed by atoms with Gasteiger partial charge in [-0.2, -0.15) is 5.10 Å². The Morgan fingerprint density at radius 3 is 3.06 bits per heavy atom. The van der Waals surface area contributed by atoms with Crippen LogP contribution in [0.5, 0.6) is 0 Å². The molecule has 5 heteroatoms. The molecule has 0 spiro atoms. The minimum atomic E-state index is 0.344. The summed E-state index contributed by atoms with van der Waals surface area (Å²) in [7, 11) is 0. The first-order chi connectivity index (χ1) is 8.22. The second-order valence-corrected chi connectivity index (χ2v) is 5.23. The monoisotopic (exact) mass is 301 g/mol. The van der Waals surface area contributed by atoms with Crippen molar-refractivity contribution in [1.29, 1.82) is 0 Å². The van der Waals surface area contributed by atoms with Gasteiger partial charge < -0.3 is 10.1 Å². The van der Waals surface area contributed by atoms with Gasteiger partial charge in [0.05, 0.1) is 28.6 Å². The molecule has 96 valence electrons. The maximum absolute atomic E-state index is 5.95. The van der Waals surface area contributed by atoms with E-state index < -0.39 is 0 Å². The standard InChI is InChI=1S/C12H20BrN3O/c1-3-16-11(12(13)9(2)15-16)8-17-10-5-4-6-14-7-10/h10,14H,3-8H2,1-2H3. The highest BCUT2D eigenvalue weighted by molar-refractivity contribution is 9.10. The Labute approximate surface area is 111 Å². The van der Waals surface area contributed by atoms with Crippen molar-refractivity contribution in [2.45, 2.75) is 45.9 Å². The molecule has 4 nitrogen and oxygen atoms in total. The Kier molecular flexibility index (Phi) is 4.59. The van der Waals surface area contributed by atoms with Gasteiger partial charge in [-0.05, 0) is 49.2 Å². The van der Waals surface area contributed by atoms with Crippen molar-refractivity contribution in [2.24, 2.45) is 0 Å². The summed E-state index contributed by atoms with van der Waals surface area (Å²) in [5.74, 6) is 0. The highest BCUT2D eigenvalue weighted by Crippen LogP contribution is 2.22. The summed E-state index contributed by atoms with van der Waals surface area (Å²) in [6.45, 7) is 7.73. The Morgan fingerprint density at radius 2 is 2.41 bits per heavy atom. The van der Waals surface area contributed by atoms with Gasteiger partial charge in [-0.1, -0.05) is 0 Å². The lowest BCUT2D eigenvalue weighted by Gasteiger charge is -2.23. The van der Waals surface area contributed by atoms with Crippen LogP contribution in [-0.4, -0.2) is 29.0 Å². The van der Waals surface area contributed by atoms with Gasteiger partial charge in [-0.25, -0.2) is 0 Å². The number of nitrogens with one attached hydrogen (secondary N) is 1. The number of piperidine rings is 1. The molecule has 17 heavy (non-hydrogen) atoms. The van der Waals surface area contributed by atoms with Gasteiger partial charge in [0.2, 0.25) is 0 Å². The molecule has 0 radical (unpaired) electrons. The van der Waals surface area contributed by atoms with E-state index in [4.69, 9.17) is 4.74 Å². The first-order valence-corrected chi connectivity index (χ1v) is 7.05. The second-order valence-electron chi connectivity index (χ2n) is 4.44. The van der Waals surface area contributed by atoms with Crippen molar-refractivity contribution in [3.8, 4) is 0 Å². The molecule has 1 atom stereocenters. The van der Waals surface area contributed by atoms with Crippen LogP contribution >= 0.6 is 15.9 Å². The molecule has 0 aliphatic carbocycles. The van der Waals surface area contributed by atoms with Crippen LogP contribution in [0.4, 0.5) is 0 Å². The molecule has 2 rings (SSSR count). The minimum absolute atomic E-state index is 0.344. The van der Waals surface area contributed by atoms with Crippen molar-refractivity contribution in [2.75, 3.05) is 13.1 Å². The van der Waals surface area contributed by atoms with Gasteiger partial charge in [0.1, 0.15) is 0 Å². The van der Waals surface area contributed by atoms with Crippen molar-refractivity contribution in [3.63, 3.8) is 0 Å². The zero-order valence-electron chi connectivity index (χ0n) is 10.5. The molecule has 0 bridgehead atoms. The summed E-state index contributed by atoms with van der Waals surface area (Å²) in [6, 6.07) is 0. The Hall–Kier alpha value is -0.390. The molecule has 0 amide bonds. The fraction of sp³-hybridized carbons (Fsp3) is 0.750. The Balaban J connectivity index is 1.97. The number of nitrogens with zero attached hydrogens (tertiary/aromatic N) is 2. The molecule has 1 fully saturated rings. The van der Waals surface area contributed by atoms with Crippen molar-refractivity contribution in [3.05, 3.63) is 15.9 Å². The zero-order chi connectivity index (χ0) is 12.3. The highest BCUT2D eigenvalue weighted by atomic mass is 79.9. The lowest BCUT2D eigenvalue weighted by Crippen LogP contribution is -2.35. The quantitative estimate of drug-likeness (QED) is 0.927. The molecule has 1 unspecified atom stereocenters. The Bertz CT molecular complexity index is 372. The molecule has 1 aromatic heterocycles. The van der Waals surface area contributed by atoms with Gasteiger partial charge in [-0.15, -0.1) is 0 Å². The van der Waals surface area contributed by atoms with E-state index in [1.807, 2.05) is 11.6 Å². The third-order valence-electron chi connectivity index (χ3n) is 3.16. The van der Waals surface area contributed by atoms with Gasteiger partial charge in [0.25, 0.3) is 0 Å². The average Bonchev–Trinajstić information content (AvgIpc) is 2.64. The summed E-state index contributed by atoms with van der Waals surface area (Å²) < 4.78 is 9.05. The maximum atomic E-state index is 5.95. The van der Waals surface area contributed by atoms with Gasteiger partial charge in [0, 0.05) is 13.1 Å². The van der Waals surface area contributed by atoms with E-state index >= 15 is 0 Å². The first kappa shape index (κ1) is 13.1. The topological polar surface area (TPSA) is 39.1 Å². The van der Waals surface area contributed by atoms with Crippen LogP contribution in [0.25, 0.3) is 0 Å². The van der Waals surface area contributed by atoms with Crippen LogP contribution in [0.1, 0.15) is 31.2 Å². The van der Waals surface area contributed by atoms with E-state index in [0.717, 1.165) is 41.9 Å². The van der Waals surface area contributed by atoms with Crippen LogP contribution in [0, 0.1) is 6.92 Å². The van der Waals surface area contributed by atoms with Crippen molar-refractivity contribution < 1.29 is 4.74 Å². The van der Waals surface area contributed by atoms with Gasteiger partial charge in [0.15, 0.2) is 0 Å². The predicted octanol–water partition coefficient (Wildman–Crippen LogP) is 2.24. The summed E-state index contributed by atoms with van der Waals surface area (Å²) >= 11 is 3.59. The zero-order valence-corrected chi connectivity index (χ0v) is 12.1. The third-order valence-corrected chi connectivity index (χ3v) is 4.19. The SMILES string of the molecule is CCn1nc(C)c(Br)c1COC1CCCNC1. The molecular formula is C12H20BrN3O. The van der Waals surface area contributed by atoms with E-state index in [-0.39, 0.29) is 0 Å². The summed E-state index contributed by atoms with van der Waals surface area (Å²) in [5, 5.41) is 7.83.